The summed E-state index contributed by atoms with van der Waals surface area (Å²) >= 11 is 1.36. The minimum atomic E-state index is -0.405. The number of hydrogen-bond donors (Lipinski definition) is 2. The quantitative estimate of drug-likeness (QED) is 0.380. The van der Waals surface area contributed by atoms with E-state index in [1.54, 1.807) is 29.8 Å². The first-order chi connectivity index (χ1) is 10.1. The number of nitrogens with zero attached hydrogens (tertiary/aromatic N) is 2. The Labute approximate surface area is 125 Å². The summed E-state index contributed by atoms with van der Waals surface area (Å²) in [5.74, 6) is 0.860. The second-order valence-corrected chi connectivity index (χ2v) is 4.81. The number of hydrazone groups is 1. The molecular weight excluding hydrogens is 292 g/mol. The van der Waals surface area contributed by atoms with Gasteiger partial charge in [-0.3, -0.25) is 10.2 Å². The number of anilines is 2. The molecule has 2 aromatic rings. The molecule has 1 aromatic heterocycles. The Morgan fingerprint density at radius 3 is 2.90 bits per heavy atom. The van der Waals surface area contributed by atoms with Crippen molar-refractivity contribution in [3.63, 3.8) is 0 Å². The maximum atomic E-state index is 11.0. The molecule has 0 saturated carbocycles. The number of benzene rings is 1. The fourth-order valence-electron chi connectivity index (χ4n) is 1.50. The van der Waals surface area contributed by atoms with Gasteiger partial charge in [0.15, 0.2) is 11.5 Å². The van der Waals surface area contributed by atoms with Crippen LogP contribution in [0.25, 0.3) is 0 Å². The van der Waals surface area contributed by atoms with E-state index < -0.39 is 5.97 Å². The number of hydrogen-bond acceptors (Lipinski definition) is 8. The van der Waals surface area contributed by atoms with Crippen LogP contribution in [0.1, 0.15) is 12.5 Å². The lowest BCUT2D eigenvalue weighted by Gasteiger charge is -2.08. The minimum absolute atomic E-state index is 0.364. The highest BCUT2D eigenvalue weighted by molar-refractivity contribution is 7.14. The van der Waals surface area contributed by atoms with Gasteiger partial charge in [-0.1, -0.05) is 0 Å². The van der Waals surface area contributed by atoms with Crippen molar-refractivity contribution in [3.05, 3.63) is 29.1 Å². The predicted molar refractivity (Wildman–Crippen MR) is 82.0 cm³/mol. The number of carbonyl (C=O) groups is 1. The number of esters is 1. The second kappa shape index (κ2) is 6.71. The normalized spacial score (nSPS) is 10.6. The summed E-state index contributed by atoms with van der Waals surface area (Å²) < 4.78 is 10.2. The third kappa shape index (κ3) is 4.18. The molecule has 21 heavy (non-hydrogen) atoms. The number of rotatable bonds is 5. The molecule has 3 N–H and O–H groups in total. The third-order valence-corrected chi connectivity index (χ3v) is 3.10. The van der Waals surface area contributed by atoms with Crippen molar-refractivity contribution in [2.75, 3.05) is 18.3 Å². The van der Waals surface area contributed by atoms with Crippen LogP contribution in [-0.2, 0) is 4.79 Å². The molecule has 0 atom stereocenters. The highest BCUT2D eigenvalue weighted by atomic mass is 32.1. The summed E-state index contributed by atoms with van der Waals surface area (Å²) in [6.45, 7) is 1.33. The zero-order valence-corrected chi connectivity index (χ0v) is 12.3. The van der Waals surface area contributed by atoms with Gasteiger partial charge in [-0.25, -0.2) is 4.98 Å². The van der Waals surface area contributed by atoms with Gasteiger partial charge >= 0.3 is 5.97 Å². The summed E-state index contributed by atoms with van der Waals surface area (Å²) in [4.78, 5) is 15.0. The molecule has 0 bridgehead atoms. The van der Waals surface area contributed by atoms with Crippen molar-refractivity contribution in [1.82, 2.24) is 4.98 Å². The average Bonchev–Trinajstić information content (AvgIpc) is 2.85. The number of methoxy groups -OCH3 is 1. The largest absolute Gasteiger partial charge is 0.493 e. The van der Waals surface area contributed by atoms with E-state index in [0.717, 1.165) is 5.56 Å². The molecule has 1 heterocycles. The highest BCUT2D eigenvalue weighted by Gasteiger charge is 2.07. The van der Waals surface area contributed by atoms with Crippen molar-refractivity contribution < 1.29 is 14.3 Å². The van der Waals surface area contributed by atoms with E-state index in [1.807, 2.05) is 0 Å². The number of thiazole rings is 1. The van der Waals surface area contributed by atoms with Gasteiger partial charge in [0.25, 0.3) is 0 Å². The lowest BCUT2D eigenvalue weighted by Crippen LogP contribution is -2.03. The molecule has 0 saturated heterocycles. The molecule has 0 amide bonds. The summed E-state index contributed by atoms with van der Waals surface area (Å²) in [6, 6.07) is 5.10. The smallest absolute Gasteiger partial charge is 0.308 e. The summed E-state index contributed by atoms with van der Waals surface area (Å²) in [5, 5.41) is 6.37. The molecule has 0 fully saturated rings. The van der Waals surface area contributed by atoms with Crippen LogP contribution in [-0.4, -0.2) is 24.3 Å². The minimum Gasteiger partial charge on any atom is -0.493 e. The number of nitrogen functional groups attached to an aromatic ring is 1. The maximum Gasteiger partial charge on any atom is 0.308 e. The molecule has 7 nitrogen and oxygen atoms in total. The lowest BCUT2D eigenvalue weighted by atomic mass is 10.2. The van der Waals surface area contributed by atoms with Crippen LogP contribution in [0.4, 0.5) is 10.9 Å². The zero-order chi connectivity index (χ0) is 15.2. The molecule has 110 valence electrons. The van der Waals surface area contributed by atoms with Crippen LogP contribution in [0.5, 0.6) is 11.5 Å². The number of ether oxygens (including phenoxy) is 2. The number of carbonyl (C=O) groups excluding carboxylic acids is 1. The standard InChI is InChI=1S/C13H14N4O3S/c1-8(18)20-10-4-3-9(5-11(10)19-2)6-15-17-13-16-12(14)7-21-13/h3-7H,14H2,1-2H3,(H,16,17). The topological polar surface area (TPSA) is 98.8 Å². The Morgan fingerprint density at radius 1 is 1.48 bits per heavy atom. The van der Waals surface area contributed by atoms with Crippen molar-refractivity contribution in [1.29, 1.82) is 0 Å². The van der Waals surface area contributed by atoms with Gasteiger partial charge in [-0.05, 0) is 23.8 Å². The molecule has 0 aliphatic carbocycles. The van der Waals surface area contributed by atoms with Gasteiger partial charge in [-0.15, -0.1) is 11.3 Å². The van der Waals surface area contributed by atoms with E-state index in [9.17, 15) is 4.79 Å². The Kier molecular flexibility index (Phi) is 4.72. The van der Waals surface area contributed by atoms with Crippen LogP contribution in [0.2, 0.25) is 0 Å². The molecule has 8 heteroatoms. The zero-order valence-electron chi connectivity index (χ0n) is 11.5. The number of nitrogens with one attached hydrogen (secondary N) is 1. The lowest BCUT2D eigenvalue weighted by molar-refractivity contribution is -0.132. The molecule has 2 rings (SSSR count). The van der Waals surface area contributed by atoms with E-state index in [0.29, 0.717) is 22.4 Å². The van der Waals surface area contributed by atoms with E-state index in [4.69, 9.17) is 15.2 Å². The van der Waals surface area contributed by atoms with Gasteiger partial charge < -0.3 is 15.2 Å². The average molecular weight is 306 g/mol. The van der Waals surface area contributed by atoms with Gasteiger partial charge in [0.2, 0.25) is 5.13 Å². The fraction of sp³-hybridized carbons (Fsp3) is 0.154. The van der Waals surface area contributed by atoms with E-state index in [2.05, 4.69) is 15.5 Å². The van der Waals surface area contributed by atoms with Gasteiger partial charge in [-0.2, -0.15) is 5.10 Å². The van der Waals surface area contributed by atoms with Gasteiger partial charge in [0.1, 0.15) is 5.82 Å². The Morgan fingerprint density at radius 2 is 2.29 bits per heavy atom. The Bertz CT molecular complexity index is 669. The molecule has 0 aliphatic heterocycles. The SMILES string of the molecule is COc1cc(C=NNc2nc(N)cs2)ccc1OC(C)=O. The molecule has 0 unspecified atom stereocenters. The van der Waals surface area contributed by atoms with Crippen LogP contribution in [0, 0.1) is 0 Å². The molecule has 0 spiro atoms. The van der Waals surface area contributed by atoms with Crippen molar-refractivity contribution in [3.8, 4) is 11.5 Å². The molecule has 1 aromatic carbocycles. The molecule has 0 radical (unpaired) electrons. The first kappa shape index (κ1) is 14.8. The molecule has 0 aliphatic rings. The van der Waals surface area contributed by atoms with E-state index in [-0.39, 0.29) is 0 Å². The first-order valence-electron chi connectivity index (χ1n) is 5.95. The Hall–Kier alpha value is -2.61. The van der Waals surface area contributed by atoms with Crippen molar-refractivity contribution in [2.24, 2.45) is 5.10 Å². The summed E-state index contributed by atoms with van der Waals surface area (Å²) in [5.41, 5.74) is 9.05. The molecular formula is C13H14N4O3S. The third-order valence-electron chi connectivity index (χ3n) is 2.34. The van der Waals surface area contributed by atoms with Crippen LogP contribution in [0.15, 0.2) is 28.7 Å². The van der Waals surface area contributed by atoms with Gasteiger partial charge in [0.05, 0.1) is 13.3 Å². The van der Waals surface area contributed by atoms with Crippen molar-refractivity contribution in [2.45, 2.75) is 6.92 Å². The van der Waals surface area contributed by atoms with Crippen molar-refractivity contribution >= 4 is 34.5 Å². The van der Waals surface area contributed by atoms with Gasteiger partial charge in [0, 0.05) is 12.3 Å². The predicted octanol–water partition coefficient (Wildman–Crippen LogP) is 2.11. The van der Waals surface area contributed by atoms with Crippen LogP contribution >= 0.6 is 11.3 Å². The van der Waals surface area contributed by atoms with E-state index >= 15 is 0 Å². The summed E-state index contributed by atoms with van der Waals surface area (Å²) in [6.07, 6.45) is 1.59. The monoisotopic (exact) mass is 306 g/mol. The van der Waals surface area contributed by atoms with Crippen LogP contribution < -0.4 is 20.6 Å². The van der Waals surface area contributed by atoms with Crippen LogP contribution in [0.3, 0.4) is 0 Å². The Balaban J connectivity index is 2.08. The number of aromatic nitrogens is 1. The highest BCUT2D eigenvalue weighted by Crippen LogP contribution is 2.27. The number of nitrogens with two attached hydrogens (primary N) is 1. The van der Waals surface area contributed by atoms with E-state index in [1.165, 1.54) is 25.4 Å². The summed E-state index contributed by atoms with van der Waals surface area (Å²) in [7, 11) is 1.50. The fourth-order valence-corrected chi connectivity index (χ4v) is 2.05. The second-order valence-electron chi connectivity index (χ2n) is 3.95. The first-order valence-corrected chi connectivity index (χ1v) is 6.83. The maximum absolute atomic E-state index is 11.0.